The number of amides is 1. The Labute approximate surface area is 108 Å². The molecule has 1 fully saturated rings. The normalized spacial score (nSPS) is 26.9. The predicted molar refractivity (Wildman–Crippen MR) is 72.6 cm³/mol. The zero-order valence-electron chi connectivity index (χ0n) is 11.2. The Morgan fingerprint density at radius 1 is 1.39 bits per heavy atom. The van der Waals surface area contributed by atoms with E-state index >= 15 is 0 Å². The molecule has 0 aliphatic heterocycles. The maximum Gasteiger partial charge on any atom is 0.253 e. The predicted octanol–water partition coefficient (Wildman–Crippen LogP) is 2.29. The number of hydrogen-bond donors (Lipinski definition) is 2. The first-order valence-corrected chi connectivity index (χ1v) is 6.56. The van der Waals surface area contributed by atoms with Gasteiger partial charge in [0.05, 0.1) is 17.4 Å². The highest BCUT2D eigenvalue weighted by Crippen LogP contribution is 2.31. The number of nitrogens with one attached hydrogen (secondary N) is 2. The second-order valence-electron chi connectivity index (χ2n) is 5.16. The van der Waals surface area contributed by atoms with Gasteiger partial charge in [-0.2, -0.15) is 0 Å². The fourth-order valence-corrected chi connectivity index (χ4v) is 2.61. The molecule has 4 heteroatoms. The molecule has 18 heavy (non-hydrogen) atoms. The van der Waals surface area contributed by atoms with Crippen molar-refractivity contribution in [1.29, 1.82) is 0 Å². The number of rotatable bonds is 3. The largest absolute Gasteiger partial charge is 0.386 e. The number of pyridine rings is 1. The van der Waals surface area contributed by atoms with E-state index in [1.807, 2.05) is 0 Å². The summed E-state index contributed by atoms with van der Waals surface area (Å²) in [5.74, 6) is 1.23. The van der Waals surface area contributed by atoms with Gasteiger partial charge in [0.15, 0.2) is 0 Å². The zero-order valence-corrected chi connectivity index (χ0v) is 11.2. The van der Waals surface area contributed by atoms with Crippen molar-refractivity contribution in [2.75, 3.05) is 12.4 Å². The van der Waals surface area contributed by atoms with Crippen LogP contribution in [0.25, 0.3) is 0 Å². The van der Waals surface area contributed by atoms with Crippen LogP contribution in [0.2, 0.25) is 0 Å². The van der Waals surface area contributed by atoms with Gasteiger partial charge in [0, 0.05) is 19.3 Å². The van der Waals surface area contributed by atoms with Crippen molar-refractivity contribution in [2.45, 2.75) is 32.7 Å². The molecule has 2 rings (SSSR count). The van der Waals surface area contributed by atoms with E-state index in [2.05, 4.69) is 29.5 Å². The third-order valence-electron chi connectivity index (χ3n) is 4.12. The molecule has 1 aliphatic carbocycles. The van der Waals surface area contributed by atoms with Crippen molar-refractivity contribution in [1.82, 2.24) is 10.3 Å². The number of carbonyl (C=O) groups excluding carboxylic acids is 1. The first-order chi connectivity index (χ1) is 8.63. The highest BCUT2D eigenvalue weighted by molar-refractivity contribution is 5.99. The fourth-order valence-electron chi connectivity index (χ4n) is 2.61. The van der Waals surface area contributed by atoms with Gasteiger partial charge in [-0.1, -0.05) is 13.8 Å². The smallest absolute Gasteiger partial charge is 0.253 e. The lowest BCUT2D eigenvalue weighted by atomic mass is 9.97. The molecule has 1 aromatic rings. The Morgan fingerprint density at radius 2 is 2.17 bits per heavy atom. The summed E-state index contributed by atoms with van der Waals surface area (Å²) < 4.78 is 0. The van der Waals surface area contributed by atoms with E-state index in [1.54, 1.807) is 25.5 Å². The Kier molecular flexibility index (Phi) is 3.84. The quantitative estimate of drug-likeness (QED) is 0.861. The lowest BCUT2D eigenvalue weighted by Crippen LogP contribution is -2.37. The first kappa shape index (κ1) is 12.9. The van der Waals surface area contributed by atoms with E-state index in [9.17, 15) is 4.79 Å². The monoisotopic (exact) mass is 247 g/mol. The minimum atomic E-state index is -0.00676. The summed E-state index contributed by atoms with van der Waals surface area (Å²) in [5, 5.41) is 6.14. The standard InChI is InChI=1S/C14H21N3O/c1-9-4-5-12(10(9)2)17-14(18)11-6-7-16-8-13(11)15-3/h6-10,12,15H,4-5H2,1-3H3,(H,17,18). The summed E-state index contributed by atoms with van der Waals surface area (Å²) in [6, 6.07) is 2.05. The molecule has 3 unspecified atom stereocenters. The maximum atomic E-state index is 12.3. The molecule has 0 spiro atoms. The SMILES string of the molecule is CNc1cnccc1C(=O)NC1CCC(C)C1C. The average Bonchev–Trinajstić information content (AvgIpc) is 2.70. The van der Waals surface area contributed by atoms with E-state index in [0.717, 1.165) is 12.1 Å². The van der Waals surface area contributed by atoms with Crippen molar-refractivity contribution >= 4 is 11.6 Å². The summed E-state index contributed by atoms with van der Waals surface area (Å²) in [7, 11) is 1.80. The number of nitrogens with zero attached hydrogens (tertiary/aromatic N) is 1. The second kappa shape index (κ2) is 5.38. The molecule has 4 nitrogen and oxygen atoms in total. The Balaban J connectivity index is 2.08. The van der Waals surface area contributed by atoms with Crippen LogP contribution < -0.4 is 10.6 Å². The van der Waals surface area contributed by atoms with Crippen molar-refractivity contribution in [2.24, 2.45) is 11.8 Å². The van der Waals surface area contributed by atoms with Crippen LogP contribution in [0, 0.1) is 11.8 Å². The maximum absolute atomic E-state index is 12.3. The number of aromatic nitrogens is 1. The number of hydrogen-bond acceptors (Lipinski definition) is 3. The van der Waals surface area contributed by atoms with E-state index in [1.165, 1.54) is 6.42 Å². The molecular weight excluding hydrogens is 226 g/mol. The van der Waals surface area contributed by atoms with Gasteiger partial charge in [0.2, 0.25) is 0 Å². The first-order valence-electron chi connectivity index (χ1n) is 6.56. The van der Waals surface area contributed by atoms with E-state index in [-0.39, 0.29) is 5.91 Å². The van der Waals surface area contributed by atoms with Gasteiger partial charge >= 0.3 is 0 Å². The Morgan fingerprint density at radius 3 is 2.78 bits per heavy atom. The summed E-state index contributed by atoms with van der Waals surface area (Å²) in [5.41, 5.74) is 1.44. The summed E-state index contributed by atoms with van der Waals surface area (Å²) >= 11 is 0. The second-order valence-corrected chi connectivity index (χ2v) is 5.16. The molecule has 0 aromatic carbocycles. The summed E-state index contributed by atoms with van der Waals surface area (Å²) in [6.45, 7) is 4.47. The number of anilines is 1. The highest BCUT2D eigenvalue weighted by atomic mass is 16.1. The topological polar surface area (TPSA) is 54.0 Å². The molecule has 3 atom stereocenters. The Bertz CT molecular complexity index is 433. The molecule has 1 heterocycles. The lowest BCUT2D eigenvalue weighted by Gasteiger charge is -2.20. The van der Waals surface area contributed by atoms with Gasteiger partial charge < -0.3 is 10.6 Å². The van der Waals surface area contributed by atoms with Gasteiger partial charge in [0.1, 0.15) is 0 Å². The Hall–Kier alpha value is -1.58. The van der Waals surface area contributed by atoms with Gasteiger partial charge in [0.25, 0.3) is 5.91 Å². The highest BCUT2D eigenvalue weighted by Gasteiger charge is 2.31. The van der Waals surface area contributed by atoms with Crippen molar-refractivity contribution in [3.8, 4) is 0 Å². The molecule has 0 radical (unpaired) electrons. The molecule has 0 bridgehead atoms. The van der Waals surface area contributed by atoms with Crippen LogP contribution in [0.5, 0.6) is 0 Å². The molecule has 98 valence electrons. The van der Waals surface area contributed by atoms with Crippen LogP contribution in [0.4, 0.5) is 5.69 Å². The van der Waals surface area contributed by atoms with Crippen LogP contribution in [0.3, 0.4) is 0 Å². The van der Waals surface area contributed by atoms with Gasteiger partial charge in [-0.25, -0.2) is 0 Å². The van der Waals surface area contributed by atoms with E-state index in [0.29, 0.717) is 23.4 Å². The molecule has 2 N–H and O–H groups in total. The van der Waals surface area contributed by atoms with E-state index < -0.39 is 0 Å². The summed E-state index contributed by atoms with van der Waals surface area (Å²) in [4.78, 5) is 16.3. The molecule has 1 amide bonds. The van der Waals surface area contributed by atoms with Gasteiger partial charge in [-0.3, -0.25) is 9.78 Å². The van der Waals surface area contributed by atoms with Crippen LogP contribution in [0.1, 0.15) is 37.0 Å². The van der Waals surface area contributed by atoms with E-state index in [4.69, 9.17) is 0 Å². The van der Waals surface area contributed by atoms with Crippen molar-refractivity contribution in [3.63, 3.8) is 0 Å². The minimum Gasteiger partial charge on any atom is -0.386 e. The molecule has 1 saturated carbocycles. The molecular formula is C14H21N3O. The minimum absolute atomic E-state index is 0.00676. The average molecular weight is 247 g/mol. The third-order valence-corrected chi connectivity index (χ3v) is 4.12. The van der Waals surface area contributed by atoms with Gasteiger partial charge in [-0.05, 0) is 30.7 Å². The number of carbonyl (C=O) groups is 1. The van der Waals surface area contributed by atoms with Crippen LogP contribution >= 0.6 is 0 Å². The zero-order chi connectivity index (χ0) is 13.1. The van der Waals surface area contributed by atoms with Gasteiger partial charge in [-0.15, -0.1) is 0 Å². The fraction of sp³-hybridized carbons (Fsp3) is 0.571. The molecule has 0 saturated heterocycles. The summed E-state index contributed by atoms with van der Waals surface area (Å²) in [6.07, 6.45) is 5.60. The lowest BCUT2D eigenvalue weighted by molar-refractivity contribution is 0.0928. The van der Waals surface area contributed by atoms with Crippen LogP contribution in [-0.2, 0) is 0 Å². The third kappa shape index (κ3) is 2.47. The molecule has 1 aliphatic rings. The van der Waals surface area contributed by atoms with Crippen molar-refractivity contribution in [3.05, 3.63) is 24.0 Å². The van der Waals surface area contributed by atoms with Crippen molar-refractivity contribution < 1.29 is 4.79 Å². The van der Waals surface area contributed by atoms with Crippen LogP contribution in [-0.4, -0.2) is 24.0 Å². The van der Waals surface area contributed by atoms with Crippen LogP contribution in [0.15, 0.2) is 18.5 Å². The molecule has 1 aromatic heterocycles.